The van der Waals surface area contributed by atoms with Gasteiger partial charge in [0, 0.05) is 25.0 Å². The number of amides is 1. The van der Waals surface area contributed by atoms with Crippen molar-refractivity contribution in [2.75, 3.05) is 6.54 Å². The summed E-state index contributed by atoms with van der Waals surface area (Å²) in [7, 11) is 0. The van der Waals surface area contributed by atoms with Crippen LogP contribution < -0.4 is 5.32 Å². The number of hydrogen-bond donors (Lipinski definition) is 1. The molecule has 1 aromatic carbocycles. The van der Waals surface area contributed by atoms with Gasteiger partial charge in [-0.1, -0.05) is 6.08 Å². The molecule has 0 bridgehead atoms. The first-order valence-corrected chi connectivity index (χ1v) is 7.17. The van der Waals surface area contributed by atoms with Gasteiger partial charge in [0.05, 0.1) is 6.20 Å². The summed E-state index contributed by atoms with van der Waals surface area (Å²) in [4.78, 5) is 12.3. The number of carbonyl (C=O) groups excluding carboxylic acids is 1. The predicted molar refractivity (Wildman–Crippen MR) is 85.3 cm³/mol. The summed E-state index contributed by atoms with van der Waals surface area (Å²) in [6.07, 6.45) is 6.31. The molecule has 0 spiro atoms. The Bertz CT molecular complexity index is 884. The first kappa shape index (κ1) is 15.7. The third-order valence-electron chi connectivity index (χ3n) is 3.38. The average molecular weight is 328 g/mol. The quantitative estimate of drug-likeness (QED) is 0.732. The maximum Gasteiger partial charge on any atom is 0.256 e. The van der Waals surface area contributed by atoms with Crippen LogP contribution in [0.5, 0.6) is 0 Å². The van der Waals surface area contributed by atoms with Crippen molar-refractivity contribution < 1.29 is 13.6 Å². The molecule has 0 unspecified atom stereocenters. The lowest BCUT2D eigenvalue weighted by Gasteiger charge is -2.11. The topological polar surface area (TPSA) is 51.9 Å². The SMILES string of the molecule is C=CCNC(=O)c1cnn(-c2ccc(F)cc2F)c1-n1cccc1. The lowest BCUT2D eigenvalue weighted by molar-refractivity contribution is 0.0958. The normalized spacial score (nSPS) is 10.6. The number of nitrogens with zero attached hydrogens (tertiary/aromatic N) is 3. The summed E-state index contributed by atoms with van der Waals surface area (Å²) in [5, 5.41) is 6.77. The first-order chi connectivity index (χ1) is 11.6. The number of rotatable bonds is 5. The van der Waals surface area contributed by atoms with Gasteiger partial charge in [0.1, 0.15) is 17.1 Å². The summed E-state index contributed by atoms with van der Waals surface area (Å²) < 4.78 is 30.2. The third-order valence-corrected chi connectivity index (χ3v) is 3.38. The molecule has 122 valence electrons. The van der Waals surface area contributed by atoms with Gasteiger partial charge in [-0.3, -0.25) is 4.79 Å². The predicted octanol–water partition coefficient (Wildman–Crippen LogP) is 2.86. The van der Waals surface area contributed by atoms with Gasteiger partial charge in [0.2, 0.25) is 0 Å². The Morgan fingerprint density at radius 3 is 2.71 bits per heavy atom. The van der Waals surface area contributed by atoms with Crippen molar-refractivity contribution in [3.05, 3.63) is 78.8 Å². The van der Waals surface area contributed by atoms with Gasteiger partial charge in [0.15, 0.2) is 11.6 Å². The standard InChI is InChI=1S/C17H14F2N4O/c1-2-7-20-16(24)13-11-21-23(17(13)22-8-3-4-9-22)15-6-5-12(18)10-14(15)19/h2-6,8-11H,1,7H2,(H,20,24). The maximum atomic E-state index is 14.1. The van der Waals surface area contributed by atoms with E-state index in [0.717, 1.165) is 12.1 Å². The molecule has 5 nitrogen and oxygen atoms in total. The van der Waals surface area contributed by atoms with Gasteiger partial charge in [-0.25, -0.2) is 13.5 Å². The second kappa shape index (κ2) is 6.49. The van der Waals surface area contributed by atoms with E-state index in [2.05, 4.69) is 17.0 Å². The number of benzene rings is 1. The highest BCUT2D eigenvalue weighted by Crippen LogP contribution is 2.22. The summed E-state index contributed by atoms with van der Waals surface area (Å²) in [6, 6.07) is 6.72. The van der Waals surface area contributed by atoms with Gasteiger partial charge in [-0.05, 0) is 24.3 Å². The fourth-order valence-corrected chi connectivity index (χ4v) is 2.32. The van der Waals surface area contributed by atoms with Crippen LogP contribution in [0.25, 0.3) is 11.5 Å². The molecule has 0 fully saturated rings. The average Bonchev–Trinajstić information content (AvgIpc) is 3.21. The van der Waals surface area contributed by atoms with E-state index in [0.29, 0.717) is 12.4 Å². The largest absolute Gasteiger partial charge is 0.348 e. The smallest absolute Gasteiger partial charge is 0.256 e. The van der Waals surface area contributed by atoms with Crippen LogP contribution in [0, 0.1) is 11.6 Å². The Hall–Kier alpha value is -3.22. The molecule has 0 aliphatic carbocycles. The van der Waals surface area contributed by atoms with Crippen molar-refractivity contribution in [3.8, 4) is 11.5 Å². The summed E-state index contributed by atoms with van der Waals surface area (Å²) in [5.41, 5.74) is 0.305. The lowest BCUT2D eigenvalue weighted by atomic mass is 10.2. The van der Waals surface area contributed by atoms with Crippen LogP contribution in [0.2, 0.25) is 0 Å². The van der Waals surface area contributed by atoms with Crippen molar-refractivity contribution in [2.24, 2.45) is 0 Å². The molecule has 0 atom stereocenters. The number of hydrogen-bond acceptors (Lipinski definition) is 2. The van der Waals surface area contributed by atoms with Crippen molar-refractivity contribution in [3.63, 3.8) is 0 Å². The Balaban J connectivity index is 2.15. The van der Waals surface area contributed by atoms with Crippen molar-refractivity contribution in [1.29, 1.82) is 0 Å². The second-order valence-corrected chi connectivity index (χ2v) is 4.98. The van der Waals surface area contributed by atoms with Crippen LogP contribution in [0.1, 0.15) is 10.4 Å². The summed E-state index contributed by atoms with van der Waals surface area (Å²) in [6.45, 7) is 3.84. The first-order valence-electron chi connectivity index (χ1n) is 7.17. The highest BCUT2D eigenvalue weighted by atomic mass is 19.1. The van der Waals surface area contributed by atoms with Crippen molar-refractivity contribution in [1.82, 2.24) is 19.7 Å². The molecular weight excluding hydrogens is 314 g/mol. The highest BCUT2D eigenvalue weighted by molar-refractivity contribution is 5.97. The molecule has 24 heavy (non-hydrogen) atoms. The third kappa shape index (κ3) is 2.83. The molecule has 2 aromatic heterocycles. The molecule has 3 rings (SSSR count). The van der Waals surface area contributed by atoms with Crippen LogP contribution in [-0.2, 0) is 0 Å². The number of aromatic nitrogens is 3. The zero-order valence-electron chi connectivity index (χ0n) is 12.6. The number of nitrogens with one attached hydrogen (secondary N) is 1. The molecule has 3 aromatic rings. The zero-order valence-corrected chi connectivity index (χ0v) is 12.6. The fraction of sp³-hybridized carbons (Fsp3) is 0.0588. The minimum Gasteiger partial charge on any atom is -0.348 e. The molecule has 0 saturated heterocycles. The van der Waals surface area contributed by atoms with E-state index in [1.165, 1.54) is 16.9 Å². The van der Waals surface area contributed by atoms with E-state index in [1.807, 2.05) is 0 Å². The highest BCUT2D eigenvalue weighted by Gasteiger charge is 2.21. The van der Waals surface area contributed by atoms with Gasteiger partial charge < -0.3 is 9.88 Å². The Labute approximate surface area is 136 Å². The molecule has 0 aliphatic heterocycles. The van der Waals surface area contributed by atoms with Crippen LogP contribution in [-0.4, -0.2) is 26.8 Å². The molecule has 0 radical (unpaired) electrons. The van der Waals surface area contributed by atoms with E-state index in [1.54, 1.807) is 35.2 Å². The zero-order chi connectivity index (χ0) is 17.1. The van der Waals surface area contributed by atoms with E-state index in [-0.39, 0.29) is 17.2 Å². The fourth-order valence-electron chi connectivity index (χ4n) is 2.32. The number of halogens is 2. The Morgan fingerprint density at radius 2 is 2.04 bits per heavy atom. The van der Waals surface area contributed by atoms with Crippen molar-refractivity contribution >= 4 is 5.91 Å². The summed E-state index contributed by atoms with van der Waals surface area (Å²) >= 11 is 0. The van der Waals surface area contributed by atoms with Crippen LogP contribution in [0.3, 0.4) is 0 Å². The van der Waals surface area contributed by atoms with E-state index in [4.69, 9.17) is 0 Å². The van der Waals surface area contributed by atoms with E-state index in [9.17, 15) is 13.6 Å². The molecule has 0 aliphatic rings. The van der Waals surface area contributed by atoms with Gasteiger partial charge >= 0.3 is 0 Å². The monoisotopic (exact) mass is 328 g/mol. The Kier molecular flexibility index (Phi) is 4.24. The Morgan fingerprint density at radius 1 is 1.29 bits per heavy atom. The molecule has 7 heteroatoms. The van der Waals surface area contributed by atoms with Crippen LogP contribution in [0.4, 0.5) is 8.78 Å². The molecule has 2 heterocycles. The minimum absolute atomic E-state index is 0.0443. The van der Waals surface area contributed by atoms with Gasteiger partial charge in [0.25, 0.3) is 5.91 Å². The molecule has 1 amide bonds. The van der Waals surface area contributed by atoms with E-state index < -0.39 is 11.6 Å². The lowest BCUT2D eigenvalue weighted by Crippen LogP contribution is -2.24. The van der Waals surface area contributed by atoms with Gasteiger partial charge in [-0.15, -0.1) is 6.58 Å². The summed E-state index contributed by atoms with van der Waals surface area (Å²) in [5.74, 6) is -1.47. The van der Waals surface area contributed by atoms with Crippen molar-refractivity contribution in [2.45, 2.75) is 0 Å². The number of carbonyl (C=O) groups is 1. The molecular formula is C17H14F2N4O. The van der Waals surface area contributed by atoms with Crippen LogP contribution >= 0.6 is 0 Å². The second-order valence-electron chi connectivity index (χ2n) is 4.98. The van der Waals surface area contributed by atoms with E-state index >= 15 is 0 Å². The maximum absolute atomic E-state index is 14.1. The molecule has 0 saturated carbocycles. The molecule has 1 N–H and O–H groups in total. The van der Waals surface area contributed by atoms with Crippen LogP contribution in [0.15, 0.2) is 61.6 Å². The minimum atomic E-state index is -0.774. The van der Waals surface area contributed by atoms with Gasteiger partial charge in [-0.2, -0.15) is 5.10 Å².